The third-order valence-corrected chi connectivity index (χ3v) is 2.53. The fraction of sp³-hybridized carbons (Fsp3) is 0.400. The van der Waals surface area contributed by atoms with Crippen LogP contribution in [0.1, 0.15) is 20.3 Å². The highest BCUT2D eigenvalue weighted by molar-refractivity contribution is 5.84. The summed E-state index contributed by atoms with van der Waals surface area (Å²) >= 11 is 0. The molecule has 4 nitrogen and oxygen atoms in total. The van der Waals surface area contributed by atoms with Gasteiger partial charge in [-0.15, -0.1) is 0 Å². The van der Waals surface area contributed by atoms with Gasteiger partial charge in [0.2, 0.25) is 0 Å². The quantitative estimate of drug-likeness (QED) is 0.464. The van der Waals surface area contributed by atoms with Gasteiger partial charge in [-0.05, 0) is 25.5 Å². The summed E-state index contributed by atoms with van der Waals surface area (Å²) in [6.45, 7) is 3.47. The lowest BCUT2D eigenvalue weighted by molar-refractivity contribution is -0.138. The number of ether oxygens (including phenoxy) is 2. The van der Waals surface area contributed by atoms with E-state index in [1.807, 2.05) is 12.2 Å². The molecule has 1 N–H and O–H groups in total. The van der Waals surface area contributed by atoms with Gasteiger partial charge in [0.15, 0.2) is 0 Å². The van der Waals surface area contributed by atoms with Gasteiger partial charge < -0.3 is 14.8 Å². The second-order valence-electron chi connectivity index (χ2n) is 4.42. The van der Waals surface area contributed by atoms with Gasteiger partial charge in [-0.1, -0.05) is 6.92 Å². The molecule has 1 aromatic rings. The van der Waals surface area contributed by atoms with Gasteiger partial charge >= 0.3 is 12.1 Å². The van der Waals surface area contributed by atoms with E-state index >= 15 is 0 Å². The Kier molecular flexibility index (Phi) is 6.87. The van der Waals surface area contributed by atoms with E-state index in [1.165, 1.54) is 13.0 Å². The van der Waals surface area contributed by atoms with E-state index in [0.29, 0.717) is 6.42 Å². The van der Waals surface area contributed by atoms with E-state index in [1.54, 1.807) is 0 Å². The molecule has 0 aromatic heterocycles. The maximum Gasteiger partial charge on any atom is 0.431 e. The molecule has 0 atom stereocenters. The van der Waals surface area contributed by atoms with Crippen LogP contribution in [-0.2, 0) is 9.53 Å². The van der Waals surface area contributed by atoms with E-state index in [0.717, 1.165) is 12.1 Å². The molecule has 0 aliphatic rings. The van der Waals surface area contributed by atoms with Gasteiger partial charge in [0.05, 0.1) is 25.0 Å². The topological polar surface area (TPSA) is 47.6 Å². The number of benzene rings is 1. The Morgan fingerprint density at radius 3 is 2.57 bits per heavy atom. The molecular formula is C15H17F4NO3. The molecule has 0 unspecified atom stereocenters. The Morgan fingerprint density at radius 1 is 1.30 bits per heavy atom. The van der Waals surface area contributed by atoms with Gasteiger partial charge in [0.1, 0.15) is 17.3 Å². The standard InChI is InChI=1S/C15H17F4NO3/c1-3-7-23-12-6-5-10(16)8-11(12)20-13(15(17,18)19)9-14(21)22-4-2/h5-6,8-9,20H,3-4,7H2,1-2H3. The minimum atomic E-state index is -4.85. The Morgan fingerprint density at radius 2 is 2.00 bits per heavy atom. The van der Waals surface area contributed by atoms with Gasteiger partial charge in [-0.2, -0.15) is 13.2 Å². The zero-order valence-electron chi connectivity index (χ0n) is 12.7. The van der Waals surface area contributed by atoms with E-state index < -0.39 is 23.7 Å². The predicted molar refractivity (Wildman–Crippen MR) is 76.6 cm³/mol. The van der Waals surface area contributed by atoms with Crippen LogP contribution in [0.25, 0.3) is 0 Å². The van der Waals surface area contributed by atoms with E-state index in [4.69, 9.17) is 4.74 Å². The average Bonchev–Trinajstić information content (AvgIpc) is 2.45. The van der Waals surface area contributed by atoms with E-state index in [-0.39, 0.29) is 30.7 Å². The fourth-order valence-corrected chi connectivity index (χ4v) is 1.57. The average molecular weight is 335 g/mol. The van der Waals surface area contributed by atoms with Crippen molar-refractivity contribution in [3.8, 4) is 5.75 Å². The summed E-state index contributed by atoms with van der Waals surface area (Å²) < 4.78 is 62.1. The molecule has 0 saturated carbocycles. The molecule has 1 rings (SSSR count). The number of allylic oxidation sites excluding steroid dienone is 1. The summed E-state index contributed by atoms with van der Waals surface area (Å²) in [6.07, 6.45) is -3.94. The maximum atomic E-state index is 13.3. The molecule has 0 heterocycles. The fourth-order valence-electron chi connectivity index (χ4n) is 1.57. The third-order valence-electron chi connectivity index (χ3n) is 2.53. The highest BCUT2D eigenvalue weighted by Crippen LogP contribution is 2.32. The van der Waals surface area contributed by atoms with Crippen LogP contribution < -0.4 is 10.1 Å². The van der Waals surface area contributed by atoms with Crippen LogP contribution in [-0.4, -0.2) is 25.4 Å². The van der Waals surface area contributed by atoms with Crippen molar-refractivity contribution in [2.75, 3.05) is 18.5 Å². The van der Waals surface area contributed by atoms with Crippen molar-refractivity contribution < 1.29 is 31.8 Å². The summed E-state index contributed by atoms with van der Waals surface area (Å²) in [6, 6.07) is 3.14. The lowest BCUT2D eigenvalue weighted by Crippen LogP contribution is -2.21. The summed E-state index contributed by atoms with van der Waals surface area (Å²) in [5.41, 5.74) is -1.60. The molecule has 0 spiro atoms. The molecule has 0 amide bonds. The van der Waals surface area contributed by atoms with Crippen LogP contribution in [0.2, 0.25) is 0 Å². The molecule has 8 heteroatoms. The van der Waals surface area contributed by atoms with Crippen LogP contribution in [0, 0.1) is 5.82 Å². The van der Waals surface area contributed by atoms with Gasteiger partial charge in [0.25, 0.3) is 0 Å². The highest BCUT2D eigenvalue weighted by atomic mass is 19.4. The van der Waals surface area contributed by atoms with Crippen molar-refractivity contribution in [1.29, 1.82) is 0 Å². The second-order valence-corrected chi connectivity index (χ2v) is 4.42. The number of carbonyl (C=O) groups is 1. The van der Waals surface area contributed by atoms with E-state index in [2.05, 4.69) is 4.74 Å². The Hall–Kier alpha value is -2.25. The lowest BCUT2D eigenvalue weighted by Gasteiger charge is -2.17. The normalized spacial score (nSPS) is 12.0. The zero-order valence-corrected chi connectivity index (χ0v) is 12.7. The number of hydrogen-bond donors (Lipinski definition) is 1. The number of halogens is 4. The molecule has 0 fully saturated rings. The summed E-state index contributed by atoms with van der Waals surface area (Å²) in [7, 11) is 0. The molecule has 0 aliphatic carbocycles. The Labute approximate surface area is 131 Å². The van der Waals surface area contributed by atoms with E-state index in [9.17, 15) is 22.4 Å². The number of rotatable bonds is 7. The van der Waals surface area contributed by atoms with Crippen LogP contribution in [0.4, 0.5) is 23.2 Å². The first kappa shape index (κ1) is 18.8. The minimum absolute atomic E-state index is 0.0484. The highest BCUT2D eigenvalue weighted by Gasteiger charge is 2.35. The number of nitrogens with one attached hydrogen (secondary N) is 1. The maximum absolute atomic E-state index is 13.3. The van der Waals surface area contributed by atoms with Gasteiger partial charge in [-0.25, -0.2) is 9.18 Å². The van der Waals surface area contributed by atoms with Crippen molar-refractivity contribution in [2.45, 2.75) is 26.4 Å². The Balaban J connectivity index is 3.12. The zero-order chi connectivity index (χ0) is 17.5. The van der Waals surface area contributed by atoms with Crippen LogP contribution in [0.15, 0.2) is 30.0 Å². The summed E-state index contributed by atoms with van der Waals surface area (Å²) in [4.78, 5) is 11.3. The van der Waals surface area contributed by atoms with Crippen LogP contribution >= 0.6 is 0 Å². The molecule has 23 heavy (non-hydrogen) atoms. The smallest absolute Gasteiger partial charge is 0.431 e. The van der Waals surface area contributed by atoms with Crippen molar-refractivity contribution in [3.63, 3.8) is 0 Å². The third kappa shape index (κ3) is 6.17. The van der Waals surface area contributed by atoms with Gasteiger partial charge in [0, 0.05) is 6.07 Å². The minimum Gasteiger partial charge on any atom is -0.491 e. The van der Waals surface area contributed by atoms with Crippen LogP contribution in [0.5, 0.6) is 5.75 Å². The number of esters is 1. The largest absolute Gasteiger partial charge is 0.491 e. The molecule has 1 aromatic carbocycles. The SMILES string of the molecule is CCCOc1ccc(F)cc1NC(=CC(=O)OCC)C(F)(F)F. The summed E-state index contributed by atoms with van der Waals surface area (Å²) in [5.74, 6) is -1.85. The number of carbonyl (C=O) groups excluding carboxylic acids is 1. The van der Waals surface area contributed by atoms with Crippen molar-refractivity contribution >= 4 is 11.7 Å². The first-order valence-electron chi connectivity index (χ1n) is 6.93. The second kappa shape index (κ2) is 8.40. The first-order valence-corrected chi connectivity index (χ1v) is 6.93. The molecule has 128 valence electrons. The number of hydrogen-bond acceptors (Lipinski definition) is 4. The molecule has 0 bridgehead atoms. The molecule has 0 aliphatic heterocycles. The first-order chi connectivity index (χ1) is 10.8. The summed E-state index contributed by atoms with van der Waals surface area (Å²) in [5, 5.41) is 2.00. The number of alkyl halides is 3. The predicted octanol–water partition coefficient (Wildman–Crippen LogP) is 4.04. The molecule has 0 radical (unpaired) electrons. The van der Waals surface area contributed by atoms with Crippen molar-refractivity contribution in [1.82, 2.24) is 0 Å². The van der Waals surface area contributed by atoms with Crippen LogP contribution in [0.3, 0.4) is 0 Å². The van der Waals surface area contributed by atoms with Gasteiger partial charge in [-0.3, -0.25) is 0 Å². The Bertz CT molecular complexity index is 570. The van der Waals surface area contributed by atoms with Crippen molar-refractivity contribution in [3.05, 3.63) is 35.8 Å². The van der Waals surface area contributed by atoms with Crippen molar-refractivity contribution in [2.24, 2.45) is 0 Å². The monoisotopic (exact) mass is 335 g/mol. The molecular weight excluding hydrogens is 318 g/mol. The number of anilines is 1. The lowest BCUT2D eigenvalue weighted by atomic mass is 10.2. The molecule has 0 saturated heterocycles.